The predicted octanol–water partition coefficient (Wildman–Crippen LogP) is 3.65. The summed E-state index contributed by atoms with van der Waals surface area (Å²) < 4.78 is 29.2. The number of allylic oxidation sites excluding steroid dienone is 1. The highest BCUT2D eigenvalue weighted by atomic mass is 32.2. The lowest BCUT2D eigenvalue weighted by atomic mass is 9.60. The minimum Gasteiger partial charge on any atom is -0.481 e. The first-order chi connectivity index (χ1) is 15.4. The van der Waals surface area contributed by atoms with Crippen molar-refractivity contribution in [3.05, 3.63) is 41.5 Å². The lowest BCUT2D eigenvalue weighted by Crippen LogP contribution is -2.60. The van der Waals surface area contributed by atoms with Gasteiger partial charge in [-0.2, -0.15) is 0 Å². The van der Waals surface area contributed by atoms with Crippen LogP contribution < -0.4 is 0 Å². The van der Waals surface area contributed by atoms with E-state index in [4.69, 9.17) is 0 Å². The molecule has 2 saturated carbocycles. The first kappa shape index (κ1) is 23.1. The van der Waals surface area contributed by atoms with Gasteiger partial charge in [-0.3, -0.25) is 4.79 Å². The number of hydrogen-bond donors (Lipinski definition) is 2. The maximum atomic E-state index is 13.8. The van der Waals surface area contributed by atoms with Crippen LogP contribution in [-0.4, -0.2) is 53.3 Å². The number of fused-ring (bicyclic) bond motifs is 4. The molecule has 2 bridgehead atoms. The van der Waals surface area contributed by atoms with Crippen LogP contribution in [0.3, 0.4) is 0 Å². The van der Waals surface area contributed by atoms with Gasteiger partial charge in [0, 0.05) is 23.9 Å². The number of carboxylic acid groups (broad SMARTS) is 1. The summed E-state index contributed by atoms with van der Waals surface area (Å²) in [6.45, 7) is 6.46. The Morgan fingerprint density at radius 2 is 1.85 bits per heavy atom. The second kappa shape index (κ2) is 7.15. The van der Waals surface area contributed by atoms with Gasteiger partial charge in [-0.05, 0) is 61.5 Å². The number of rotatable bonds is 5. The van der Waals surface area contributed by atoms with Crippen LogP contribution in [-0.2, 0) is 20.2 Å². The molecule has 6 nitrogen and oxygen atoms in total. The molecule has 0 aromatic heterocycles. The maximum Gasteiger partial charge on any atom is 0.309 e. The summed E-state index contributed by atoms with van der Waals surface area (Å²) in [6, 6.07) is 8.31. The normalized spacial score (nSPS) is 35.1. The lowest BCUT2D eigenvalue weighted by Gasteiger charge is -2.50. The van der Waals surface area contributed by atoms with Crippen molar-refractivity contribution in [3.63, 3.8) is 0 Å². The van der Waals surface area contributed by atoms with Gasteiger partial charge in [0.1, 0.15) is 0 Å². The molecule has 4 aliphatic rings. The molecule has 1 aliphatic heterocycles. The SMILES string of the molecule is CC(C(=O)O)[C@@]1(O)C[C@H]2CC[C@]1(CS(=O)(=O)N1CCC3(C=Cc4ccccc43)CC1)C2(C)C. The molecule has 7 heteroatoms. The van der Waals surface area contributed by atoms with E-state index in [0.717, 1.165) is 19.3 Å². The highest BCUT2D eigenvalue weighted by Gasteiger charge is 2.74. The topological polar surface area (TPSA) is 94.9 Å². The summed E-state index contributed by atoms with van der Waals surface area (Å²) in [5, 5.41) is 21.5. The van der Waals surface area contributed by atoms with Gasteiger partial charge in [0.15, 0.2) is 0 Å². The van der Waals surface area contributed by atoms with E-state index < -0.39 is 38.3 Å². The van der Waals surface area contributed by atoms with E-state index in [1.165, 1.54) is 18.1 Å². The Hall–Kier alpha value is -1.70. The van der Waals surface area contributed by atoms with E-state index in [2.05, 4.69) is 24.3 Å². The van der Waals surface area contributed by atoms with E-state index in [1.807, 2.05) is 26.0 Å². The Bertz CT molecular complexity index is 1120. The average Bonchev–Trinajstić information content (AvgIpc) is 3.29. The Labute approximate surface area is 196 Å². The number of aliphatic hydroxyl groups is 1. The van der Waals surface area contributed by atoms with Crippen LogP contribution in [0.25, 0.3) is 6.08 Å². The smallest absolute Gasteiger partial charge is 0.309 e. The Morgan fingerprint density at radius 3 is 2.48 bits per heavy atom. The molecule has 5 rings (SSSR count). The molecule has 33 heavy (non-hydrogen) atoms. The van der Waals surface area contributed by atoms with Crippen LogP contribution in [0.4, 0.5) is 0 Å². The van der Waals surface area contributed by atoms with E-state index in [9.17, 15) is 23.4 Å². The fourth-order valence-corrected chi connectivity index (χ4v) is 10.1. The van der Waals surface area contributed by atoms with Gasteiger partial charge in [0.2, 0.25) is 10.0 Å². The Kier molecular flexibility index (Phi) is 5.00. The molecule has 4 atom stereocenters. The summed E-state index contributed by atoms with van der Waals surface area (Å²) >= 11 is 0. The molecule has 3 aliphatic carbocycles. The number of aliphatic carboxylic acids is 1. The molecule has 2 N–H and O–H groups in total. The van der Waals surface area contributed by atoms with Crippen LogP contribution in [0.15, 0.2) is 30.3 Å². The van der Waals surface area contributed by atoms with Crippen LogP contribution in [0.5, 0.6) is 0 Å². The molecule has 0 radical (unpaired) electrons. The number of nitrogens with zero attached hydrogens (tertiary/aromatic N) is 1. The third-order valence-corrected chi connectivity index (χ3v) is 12.2. The van der Waals surface area contributed by atoms with Gasteiger partial charge < -0.3 is 10.2 Å². The van der Waals surface area contributed by atoms with E-state index in [0.29, 0.717) is 25.9 Å². The van der Waals surface area contributed by atoms with Crippen molar-refractivity contribution in [1.29, 1.82) is 0 Å². The van der Waals surface area contributed by atoms with Crippen molar-refractivity contribution in [2.45, 2.75) is 63.9 Å². The quantitative estimate of drug-likeness (QED) is 0.681. The third kappa shape index (κ3) is 2.98. The largest absolute Gasteiger partial charge is 0.481 e. The molecular formula is C26H35NO5S. The highest BCUT2D eigenvalue weighted by molar-refractivity contribution is 7.89. The zero-order valence-corrected chi connectivity index (χ0v) is 20.6. The van der Waals surface area contributed by atoms with Crippen molar-refractivity contribution in [2.75, 3.05) is 18.8 Å². The molecular weight excluding hydrogens is 438 g/mol. The molecule has 1 spiro atoms. The molecule has 1 unspecified atom stereocenters. The minimum absolute atomic E-state index is 0.107. The summed E-state index contributed by atoms with van der Waals surface area (Å²) in [5.74, 6) is -2.13. The van der Waals surface area contributed by atoms with Crippen LogP contribution >= 0.6 is 0 Å². The summed E-state index contributed by atoms with van der Waals surface area (Å²) in [5.41, 5.74) is -0.544. The van der Waals surface area contributed by atoms with E-state index in [-0.39, 0.29) is 17.1 Å². The van der Waals surface area contributed by atoms with Gasteiger partial charge in [-0.15, -0.1) is 0 Å². The van der Waals surface area contributed by atoms with Gasteiger partial charge in [-0.1, -0.05) is 50.3 Å². The first-order valence-corrected chi connectivity index (χ1v) is 13.7. The van der Waals surface area contributed by atoms with Crippen molar-refractivity contribution < 1.29 is 23.4 Å². The summed E-state index contributed by atoms with van der Waals surface area (Å²) in [6.07, 6.45) is 7.57. The van der Waals surface area contributed by atoms with Crippen molar-refractivity contribution in [2.24, 2.45) is 22.7 Å². The zero-order chi connectivity index (χ0) is 23.9. The monoisotopic (exact) mass is 473 g/mol. The zero-order valence-electron chi connectivity index (χ0n) is 19.8. The number of sulfonamides is 1. The lowest BCUT2D eigenvalue weighted by molar-refractivity contribution is -0.167. The molecule has 1 saturated heterocycles. The molecule has 1 aromatic rings. The van der Waals surface area contributed by atoms with E-state index in [1.54, 1.807) is 4.31 Å². The van der Waals surface area contributed by atoms with Gasteiger partial charge in [0.25, 0.3) is 0 Å². The molecule has 180 valence electrons. The summed E-state index contributed by atoms with van der Waals surface area (Å²) in [7, 11) is -3.68. The van der Waals surface area contributed by atoms with Crippen molar-refractivity contribution in [3.8, 4) is 0 Å². The van der Waals surface area contributed by atoms with Crippen LogP contribution in [0.1, 0.15) is 64.0 Å². The molecule has 1 heterocycles. The fraction of sp³-hybridized carbons (Fsp3) is 0.654. The van der Waals surface area contributed by atoms with Gasteiger partial charge in [0.05, 0.1) is 17.3 Å². The predicted molar refractivity (Wildman–Crippen MR) is 127 cm³/mol. The van der Waals surface area contributed by atoms with Crippen molar-refractivity contribution >= 4 is 22.1 Å². The number of hydrogen-bond acceptors (Lipinski definition) is 4. The number of carboxylic acids is 1. The highest BCUT2D eigenvalue weighted by Crippen LogP contribution is 2.72. The summed E-state index contributed by atoms with van der Waals surface area (Å²) in [4.78, 5) is 11.9. The number of carbonyl (C=O) groups is 1. The molecule has 1 aromatic carbocycles. The number of piperidine rings is 1. The van der Waals surface area contributed by atoms with Gasteiger partial charge >= 0.3 is 5.97 Å². The van der Waals surface area contributed by atoms with Crippen molar-refractivity contribution in [1.82, 2.24) is 4.31 Å². The second-order valence-corrected chi connectivity index (χ2v) is 13.4. The number of benzene rings is 1. The Balaban J connectivity index is 1.41. The fourth-order valence-electron chi connectivity index (χ4n) is 7.81. The standard InChI is InChI=1S/C26H35NO5S/c1-18(22(28)29)26(30)16-20-9-11-25(26,23(20,2)3)17-33(31,32)27-14-12-24(13-15-27)10-8-19-6-4-5-7-21(19)24/h4-8,10,18,20,30H,9,11-17H2,1-3H3,(H,28,29)/t18?,20-,25+,26+/m1/s1. The van der Waals surface area contributed by atoms with Gasteiger partial charge in [-0.25, -0.2) is 12.7 Å². The molecule has 0 amide bonds. The maximum absolute atomic E-state index is 13.8. The first-order valence-electron chi connectivity index (χ1n) is 12.1. The average molecular weight is 474 g/mol. The molecule has 3 fully saturated rings. The minimum atomic E-state index is -3.68. The van der Waals surface area contributed by atoms with Crippen LogP contribution in [0, 0.1) is 22.7 Å². The van der Waals surface area contributed by atoms with Crippen LogP contribution in [0.2, 0.25) is 0 Å². The van der Waals surface area contributed by atoms with E-state index >= 15 is 0 Å². The third-order valence-electron chi connectivity index (χ3n) is 10.2. The Morgan fingerprint density at radius 1 is 1.18 bits per heavy atom. The second-order valence-electron chi connectivity index (χ2n) is 11.5.